The minimum atomic E-state index is -0.923. The Balaban J connectivity index is 3.23. The molecule has 0 aromatic carbocycles. The second kappa shape index (κ2) is 9.71. The molecule has 0 aliphatic carbocycles. The Morgan fingerprint density at radius 1 is 1.27 bits per heavy atom. The topological polar surface area (TPSA) is 57.5 Å². The smallest absolute Gasteiger partial charge is 0.305 e. The number of aliphatic hydroxyl groups excluding tert-OH is 1. The standard InChI is InChI=1S/C12H22O3/c1-2-3-4-5-6-7-8-9-11(13)10-12(14)15/h3-4,11,13H,2,5-10H2,1H3,(H,14,15)/b4-3+. The van der Waals surface area contributed by atoms with Crippen LogP contribution < -0.4 is 0 Å². The number of carbonyl (C=O) groups is 1. The molecule has 0 saturated carbocycles. The molecule has 0 spiro atoms. The zero-order valence-electron chi connectivity index (χ0n) is 9.48. The molecule has 15 heavy (non-hydrogen) atoms. The molecule has 0 saturated heterocycles. The van der Waals surface area contributed by atoms with Crippen LogP contribution in [0, 0.1) is 0 Å². The molecule has 1 unspecified atom stereocenters. The number of carboxylic acids is 1. The predicted octanol–water partition coefficient (Wildman–Crippen LogP) is 2.74. The van der Waals surface area contributed by atoms with E-state index in [0.717, 1.165) is 32.1 Å². The van der Waals surface area contributed by atoms with Crippen molar-refractivity contribution in [3.8, 4) is 0 Å². The van der Waals surface area contributed by atoms with Crippen molar-refractivity contribution in [3.63, 3.8) is 0 Å². The number of hydrogen-bond acceptors (Lipinski definition) is 2. The minimum Gasteiger partial charge on any atom is -0.481 e. The van der Waals surface area contributed by atoms with E-state index in [1.165, 1.54) is 0 Å². The monoisotopic (exact) mass is 214 g/mol. The predicted molar refractivity (Wildman–Crippen MR) is 60.8 cm³/mol. The highest BCUT2D eigenvalue weighted by atomic mass is 16.4. The summed E-state index contributed by atoms with van der Waals surface area (Å²) in [5.41, 5.74) is 0. The van der Waals surface area contributed by atoms with E-state index in [-0.39, 0.29) is 6.42 Å². The first-order valence-electron chi connectivity index (χ1n) is 5.71. The first-order chi connectivity index (χ1) is 7.16. The lowest BCUT2D eigenvalue weighted by atomic mass is 10.1. The van der Waals surface area contributed by atoms with E-state index in [1.807, 2.05) is 0 Å². The van der Waals surface area contributed by atoms with Crippen LogP contribution in [-0.2, 0) is 4.79 Å². The van der Waals surface area contributed by atoms with E-state index in [9.17, 15) is 9.90 Å². The van der Waals surface area contributed by atoms with E-state index in [2.05, 4.69) is 19.1 Å². The number of hydrogen-bond donors (Lipinski definition) is 2. The van der Waals surface area contributed by atoms with Gasteiger partial charge in [0.05, 0.1) is 12.5 Å². The molecule has 0 rings (SSSR count). The molecule has 0 aliphatic rings. The fourth-order valence-corrected chi connectivity index (χ4v) is 1.41. The van der Waals surface area contributed by atoms with E-state index in [4.69, 9.17) is 5.11 Å². The average molecular weight is 214 g/mol. The van der Waals surface area contributed by atoms with E-state index in [0.29, 0.717) is 6.42 Å². The fraction of sp³-hybridized carbons (Fsp3) is 0.750. The Kier molecular flexibility index (Phi) is 9.18. The highest BCUT2D eigenvalue weighted by molar-refractivity contribution is 5.67. The van der Waals surface area contributed by atoms with Crippen LogP contribution in [0.2, 0.25) is 0 Å². The van der Waals surface area contributed by atoms with Crippen molar-refractivity contribution in [1.82, 2.24) is 0 Å². The van der Waals surface area contributed by atoms with Gasteiger partial charge in [0.25, 0.3) is 0 Å². The molecule has 0 fully saturated rings. The summed E-state index contributed by atoms with van der Waals surface area (Å²) in [5.74, 6) is -0.923. The van der Waals surface area contributed by atoms with Crippen molar-refractivity contribution in [2.45, 2.75) is 58.0 Å². The molecule has 3 nitrogen and oxygen atoms in total. The third-order valence-electron chi connectivity index (χ3n) is 2.22. The Hall–Kier alpha value is -0.830. The summed E-state index contributed by atoms with van der Waals surface area (Å²) >= 11 is 0. The number of rotatable bonds is 9. The van der Waals surface area contributed by atoms with E-state index >= 15 is 0 Å². The van der Waals surface area contributed by atoms with Crippen LogP contribution in [0.25, 0.3) is 0 Å². The van der Waals surface area contributed by atoms with Crippen molar-refractivity contribution < 1.29 is 15.0 Å². The number of aliphatic hydroxyl groups is 1. The van der Waals surface area contributed by atoms with Gasteiger partial charge in [0.15, 0.2) is 0 Å². The van der Waals surface area contributed by atoms with Crippen LogP contribution in [0.1, 0.15) is 51.9 Å². The molecule has 3 heteroatoms. The number of carboxylic acid groups (broad SMARTS) is 1. The van der Waals surface area contributed by atoms with Crippen LogP contribution >= 0.6 is 0 Å². The second-order valence-electron chi connectivity index (χ2n) is 3.77. The summed E-state index contributed by atoms with van der Waals surface area (Å²) in [6.45, 7) is 2.11. The Labute approximate surface area is 91.8 Å². The van der Waals surface area contributed by atoms with Gasteiger partial charge in [-0.05, 0) is 25.7 Å². The van der Waals surface area contributed by atoms with Gasteiger partial charge in [-0.2, -0.15) is 0 Å². The lowest BCUT2D eigenvalue weighted by Crippen LogP contribution is -2.12. The first-order valence-corrected chi connectivity index (χ1v) is 5.71. The van der Waals surface area contributed by atoms with Crippen molar-refractivity contribution in [1.29, 1.82) is 0 Å². The van der Waals surface area contributed by atoms with Gasteiger partial charge in [-0.15, -0.1) is 0 Å². The SMILES string of the molecule is CC/C=C/CCCCCC(O)CC(=O)O. The summed E-state index contributed by atoms with van der Waals surface area (Å²) in [4.78, 5) is 10.2. The third-order valence-corrected chi connectivity index (χ3v) is 2.22. The largest absolute Gasteiger partial charge is 0.481 e. The maximum atomic E-state index is 10.2. The third kappa shape index (κ3) is 11.1. The van der Waals surface area contributed by atoms with Crippen molar-refractivity contribution in [2.24, 2.45) is 0 Å². The van der Waals surface area contributed by atoms with Crippen LogP contribution in [0.5, 0.6) is 0 Å². The van der Waals surface area contributed by atoms with Gasteiger partial charge in [-0.3, -0.25) is 4.79 Å². The average Bonchev–Trinajstić information content (AvgIpc) is 2.15. The molecule has 0 aromatic rings. The summed E-state index contributed by atoms with van der Waals surface area (Å²) < 4.78 is 0. The van der Waals surface area contributed by atoms with Gasteiger partial charge in [0, 0.05) is 0 Å². The molecule has 0 aliphatic heterocycles. The highest BCUT2D eigenvalue weighted by Gasteiger charge is 2.08. The molecule has 0 aromatic heterocycles. The Morgan fingerprint density at radius 3 is 2.60 bits per heavy atom. The molecule has 1 atom stereocenters. The van der Waals surface area contributed by atoms with Crippen molar-refractivity contribution in [2.75, 3.05) is 0 Å². The molecule has 88 valence electrons. The lowest BCUT2D eigenvalue weighted by molar-refractivity contribution is -0.139. The summed E-state index contributed by atoms with van der Waals surface area (Å²) in [7, 11) is 0. The van der Waals surface area contributed by atoms with E-state index < -0.39 is 12.1 Å². The summed E-state index contributed by atoms with van der Waals surface area (Å²) in [6.07, 6.45) is 9.39. The van der Waals surface area contributed by atoms with Gasteiger partial charge in [0.2, 0.25) is 0 Å². The van der Waals surface area contributed by atoms with E-state index in [1.54, 1.807) is 0 Å². The maximum absolute atomic E-state index is 10.2. The number of aliphatic carboxylic acids is 1. The molecule has 2 N–H and O–H groups in total. The van der Waals surface area contributed by atoms with Gasteiger partial charge in [-0.1, -0.05) is 31.9 Å². The van der Waals surface area contributed by atoms with Gasteiger partial charge >= 0.3 is 5.97 Å². The maximum Gasteiger partial charge on any atom is 0.305 e. The fourth-order valence-electron chi connectivity index (χ4n) is 1.41. The number of unbranched alkanes of at least 4 members (excludes halogenated alkanes) is 3. The van der Waals surface area contributed by atoms with Crippen LogP contribution in [0.15, 0.2) is 12.2 Å². The number of allylic oxidation sites excluding steroid dienone is 2. The lowest BCUT2D eigenvalue weighted by Gasteiger charge is -2.06. The normalized spacial score (nSPS) is 13.2. The molecule has 0 radical (unpaired) electrons. The molecule has 0 heterocycles. The van der Waals surface area contributed by atoms with Crippen molar-refractivity contribution in [3.05, 3.63) is 12.2 Å². The van der Waals surface area contributed by atoms with Crippen LogP contribution in [-0.4, -0.2) is 22.3 Å². The van der Waals surface area contributed by atoms with Crippen molar-refractivity contribution >= 4 is 5.97 Å². The zero-order chi connectivity index (χ0) is 11.5. The molecular formula is C12H22O3. The zero-order valence-corrected chi connectivity index (χ0v) is 9.48. The molecule has 0 bridgehead atoms. The molecular weight excluding hydrogens is 192 g/mol. The van der Waals surface area contributed by atoms with Gasteiger partial charge in [0.1, 0.15) is 0 Å². The quantitative estimate of drug-likeness (QED) is 0.458. The Morgan fingerprint density at radius 2 is 2.00 bits per heavy atom. The summed E-state index contributed by atoms with van der Waals surface area (Å²) in [6, 6.07) is 0. The van der Waals surface area contributed by atoms with Gasteiger partial charge < -0.3 is 10.2 Å². The summed E-state index contributed by atoms with van der Waals surface area (Å²) in [5, 5.41) is 17.7. The second-order valence-corrected chi connectivity index (χ2v) is 3.77. The first kappa shape index (κ1) is 14.2. The Bertz CT molecular complexity index is 187. The molecule has 0 amide bonds. The van der Waals surface area contributed by atoms with Crippen LogP contribution in [0.4, 0.5) is 0 Å². The highest BCUT2D eigenvalue weighted by Crippen LogP contribution is 2.08. The minimum absolute atomic E-state index is 0.129. The van der Waals surface area contributed by atoms with Gasteiger partial charge in [-0.25, -0.2) is 0 Å². The van der Waals surface area contributed by atoms with Crippen LogP contribution in [0.3, 0.4) is 0 Å².